The lowest BCUT2D eigenvalue weighted by molar-refractivity contribution is -0.137. The number of hydrogen-bond donors (Lipinski definition) is 3. The van der Waals surface area contributed by atoms with E-state index < -0.39 is 11.7 Å². The molecule has 9 nitrogen and oxygen atoms in total. The summed E-state index contributed by atoms with van der Waals surface area (Å²) in [5, 5.41) is 8.71. The Morgan fingerprint density at radius 1 is 1.00 bits per heavy atom. The van der Waals surface area contributed by atoms with Gasteiger partial charge in [0.1, 0.15) is 0 Å². The van der Waals surface area contributed by atoms with Gasteiger partial charge in [-0.05, 0) is 61.4 Å². The van der Waals surface area contributed by atoms with Crippen LogP contribution in [-0.2, 0) is 11.0 Å². The molecule has 0 radical (unpaired) electrons. The van der Waals surface area contributed by atoms with Gasteiger partial charge >= 0.3 is 6.18 Å². The Hall–Kier alpha value is -3.51. The summed E-state index contributed by atoms with van der Waals surface area (Å²) in [5.41, 5.74) is 7.87. The van der Waals surface area contributed by atoms with E-state index in [4.69, 9.17) is 11.6 Å². The molecule has 0 spiro atoms. The number of anilines is 2. The molecule has 12 heteroatoms. The fraction of sp³-hybridized carbons (Fsp3) is 0.481. The number of carbonyl (C=O) groups excluding carboxylic acids is 1. The molecular weight excluding hydrogens is 509 g/mol. The lowest BCUT2D eigenvalue weighted by atomic mass is 10.0. The Bertz CT molecular complexity index is 1110. The lowest BCUT2D eigenvalue weighted by Gasteiger charge is -2.37. The van der Waals surface area contributed by atoms with Crippen LogP contribution in [0.25, 0.3) is 0 Å². The van der Waals surface area contributed by atoms with Gasteiger partial charge in [-0.3, -0.25) is 9.69 Å². The van der Waals surface area contributed by atoms with Crippen molar-refractivity contribution < 1.29 is 18.0 Å². The van der Waals surface area contributed by atoms with Crippen LogP contribution < -0.4 is 21.8 Å². The molecule has 2 aromatic rings. The predicted molar refractivity (Wildman–Crippen MR) is 147 cm³/mol. The Labute approximate surface area is 227 Å². The van der Waals surface area contributed by atoms with Crippen molar-refractivity contribution in [2.75, 3.05) is 63.1 Å². The smallest absolute Gasteiger partial charge is 0.382 e. The zero-order valence-corrected chi connectivity index (χ0v) is 22.2. The third-order valence-corrected chi connectivity index (χ3v) is 7.24. The summed E-state index contributed by atoms with van der Waals surface area (Å²) in [4.78, 5) is 19.1. The van der Waals surface area contributed by atoms with Crippen molar-refractivity contribution in [2.45, 2.75) is 31.5 Å². The second-order valence-corrected chi connectivity index (χ2v) is 10.1. The minimum atomic E-state index is -4.32. The van der Waals surface area contributed by atoms with E-state index in [9.17, 15) is 18.0 Å². The van der Waals surface area contributed by atoms with Crippen LogP contribution in [0.1, 0.15) is 30.4 Å². The van der Waals surface area contributed by atoms with Crippen LogP contribution in [0.3, 0.4) is 0 Å². The highest BCUT2D eigenvalue weighted by molar-refractivity contribution is 5.97. The summed E-state index contributed by atoms with van der Waals surface area (Å²) in [6.07, 6.45) is -2.10. The van der Waals surface area contributed by atoms with E-state index in [0.29, 0.717) is 24.8 Å². The largest absolute Gasteiger partial charge is 0.416 e. The van der Waals surface area contributed by atoms with E-state index in [0.717, 1.165) is 81.2 Å². The lowest BCUT2D eigenvalue weighted by Crippen LogP contribution is -2.48. The van der Waals surface area contributed by atoms with Crippen molar-refractivity contribution in [3.8, 4) is 0 Å². The average Bonchev–Trinajstić information content (AvgIpc) is 2.92. The third-order valence-electron chi connectivity index (χ3n) is 7.24. The predicted octanol–water partition coefficient (Wildman–Crippen LogP) is 2.75. The first kappa shape index (κ1) is 28.5. The van der Waals surface area contributed by atoms with E-state index >= 15 is 0 Å². The number of nitrogens with two attached hydrogens (primary N) is 2. The molecule has 4 rings (SSSR count). The fourth-order valence-corrected chi connectivity index (χ4v) is 4.98. The summed E-state index contributed by atoms with van der Waals surface area (Å²) in [6.45, 7) is 5.13. The Morgan fingerprint density at radius 2 is 1.62 bits per heavy atom. The van der Waals surface area contributed by atoms with Crippen LogP contribution in [0.15, 0.2) is 53.6 Å². The molecule has 0 unspecified atom stereocenters. The zero-order chi connectivity index (χ0) is 28.0. The van der Waals surface area contributed by atoms with Gasteiger partial charge in [0.25, 0.3) is 0 Å². The maximum Gasteiger partial charge on any atom is 0.416 e. The van der Waals surface area contributed by atoms with E-state index in [2.05, 4.69) is 20.2 Å². The summed E-state index contributed by atoms with van der Waals surface area (Å²) >= 11 is 0. The molecule has 2 aliphatic rings. The van der Waals surface area contributed by atoms with E-state index in [1.54, 1.807) is 7.05 Å². The number of nitrogens with zero attached hydrogens (tertiary/aromatic N) is 5. The van der Waals surface area contributed by atoms with E-state index in [1.165, 1.54) is 17.3 Å². The molecule has 2 saturated heterocycles. The number of hydrogen-bond acceptors (Lipinski definition) is 7. The van der Waals surface area contributed by atoms with Crippen LogP contribution in [0, 0.1) is 0 Å². The highest BCUT2D eigenvalue weighted by Gasteiger charge is 2.30. The van der Waals surface area contributed by atoms with E-state index in [-0.39, 0.29) is 5.91 Å². The number of amidine groups is 1. The minimum absolute atomic E-state index is 0.169. The highest BCUT2D eigenvalue weighted by atomic mass is 19.4. The first-order valence-corrected chi connectivity index (χ1v) is 13.2. The van der Waals surface area contributed by atoms with Gasteiger partial charge in [-0.15, -0.1) is 5.10 Å². The summed E-state index contributed by atoms with van der Waals surface area (Å²) in [7, 11) is 1.61. The number of hydrazone groups is 1. The molecule has 2 fully saturated rings. The van der Waals surface area contributed by atoms with Crippen LogP contribution in [-0.4, -0.2) is 85.6 Å². The number of rotatable bonds is 8. The van der Waals surface area contributed by atoms with Crippen LogP contribution in [0.5, 0.6) is 0 Å². The number of carbonyl (C=O) groups is 1. The van der Waals surface area contributed by atoms with Crippen LogP contribution in [0.4, 0.5) is 24.5 Å². The van der Waals surface area contributed by atoms with Crippen LogP contribution in [0.2, 0.25) is 0 Å². The number of amides is 1. The number of piperidine rings is 1. The topological polar surface area (TPSA) is 106 Å². The normalized spacial score (nSPS) is 17.8. The first-order chi connectivity index (χ1) is 18.6. The number of halogens is 3. The Kier molecular flexibility index (Phi) is 9.18. The van der Waals surface area contributed by atoms with Crippen molar-refractivity contribution in [1.29, 1.82) is 0 Å². The summed E-state index contributed by atoms with van der Waals surface area (Å²) < 4.78 is 38.4. The van der Waals surface area contributed by atoms with Gasteiger partial charge in [-0.2, -0.15) is 13.2 Å². The van der Waals surface area contributed by atoms with Gasteiger partial charge < -0.3 is 20.9 Å². The summed E-state index contributed by atoms with van der Waals surface area (Å²) in [6, 6.07) is 13.3. The molecular formula is C27H37F3N8O. The van der Waals surface area contributed by atoms with Gasteiger partial charge in [0.05, 0.1) is 5.56 Å². The molecule has 2 aliphatic heterocycles. The molecule has 2 aromatic carbocycles. The third kappa shape index (κ3) is 7.99. The van der Waals surface area contributed by atoms with Crippen molar-refractivity contribution in [3.63, 3.8) is 0 Å². The van der Waals surface area contributed by atoms with Gasteiger partial charge in [0.2, 0.25) is 5.91 Å². The van der Waals surface area contributed by atoms with Crippen molar-refractivity contribution in [2.24, 2.45) is 16.7 Å². The molecule has 0 atom stereocenters. The number of likely N-dealkylation sites (tertiary alicyclic amines) is 1. The molecule has 1 amide bonds. The number of hydrazine groups is 1. The first-order valence-electron chi connectivity index (χ1n) is 13.2. The van der Waals surface area contributed by atoms with Crippen molar-refractivity contribution >= 4 is 23.1 Å². The molecule has 0 saturated carbocycles. The molecule has 0 aliphatic carbocycles. The Morgan fingerprint density at radius 3 is 2.18 bits per heavy atom. The molecule has 39 heavy (non-hydrogen) atoms. The van der Waals surface area contributed by atoms with Crippen LogP contribution >= 0.6 is 0 Å². The molecule has 0 aromatic heterocycles. The minimum Gasteiger partial charge on any atom is -0.382 e. The molecule has 5 N–H and O–H groups in total. The molecule has 0 bridgehead atoms. The number of alkyl halides is 3. The van der Waals surface area contributed by atoms with Crippen molar-refractivity contribution in [1.82, 2.24) is 14.9 Å². The van der Waals surface area contributed by atoms with Gasteiger partial charge in [-0.1, -0.05) is 0 Å². The monoisotopic (exact) mass is 546 g/mol. The van der Waals surface area contributed by atoms with Crippen molar-refractivity contribution in [3.05, 3.63) is 59.7 Å². The fourth-order valence-electron chi connectivity index (χ4n) is 4.98. The molecule has 2 heterocycles. The summed E-state index contributed by atoms with van der Waals surface area (Å²) in [5.74, 6) is 6.02. The number of benzene rings is 2. The number of piperazine rings is 1. The van der Waals surface area contributed by atoms with Gasteiger partial charge in [-0.25, -0.2) is 11.0 Å². The second kappa shape index (κ2) is 12.6. The molecule has 212 valence electrons. The van der Waals surface area contributed by atoms with Gasteiger partial charge in [0, 0.05) is 82.3 Å². The Balaban J connectivity index is 1.15. The number of nitrogens with one attached hydrogen (secondary N) is 1. The SMILES string of the molecule is CN(N)/N=C(\N)c1ccc(NC2CCN(C(=O)CCN3CCN(c4ccc(C(F)(F)F)cc4)CC3)CC2)cc1. The quantitative estimate of drug-likeness (QED) is 0.202. The van der Waals surface area contributed by atoms with E-state index in [1.807, 2.05) is 29.2 Å². The standard InChI is InChI=1S/C27H37F3N8O/c1-35(32)34-26(31)20-2-6-22(7-3-20)33-23-10-14-38(15-11-23)25(39)12-13-36-16-18-37(19-17-36)24-8-4-21(5-9-24)27(28,29)30/h2-9,23,33H,10-19,32H2,1H3,(H2,31,34). The second-order valence-electron chi connectivity index (χ2n) is 10.1. The highest BCUT2D eigenvalue weighted by Crippen LogP contribution is 2.30. The maximum absolute atomic E-state index is 12.8. The maximum atomic E-state index is 12.8. The van der Waals surface area contributed by atoms with Gasteiger partial charge in [0.15, 0.2) is 5.84 Å². The zero-order valence-electron chi connectivity index (χ0n) is 22.2. The average molecular weight is 547 g/mol.